The summed E-state index contributed by atoms with van der Waals surface area (Å²) in [6.45, 7) is 12.0. The molecule has 0 amide bonds. The number of nitrogens with one attached hydrogen (secondary N) is 1. The van der Waals surface area contributed by atoms with Crippen LogP contribution in [-0.4, -0.2) is 37.4 Å². The summed E-state index contributed by atoms with van der Waals surface area (Å²) >= 11 is 0. The van der Waals surface area contributed by atoms with E-state index in [0.29, 0.717) is 13.0 Å². The van der Waals surface area contributed by atoms with E-state index in [0.717, 1.165) is 26.0 Å². The monoisotopic (exact) mass is 287 g/mol. The maximum atomic E-state index is 12.1. The first kappa shape index (κ1) is 19.4. The Kier molecular flexibility index (Phi) is 10.8. The molecular weight excluding hydrogens is 254 g/mol. The fraction of sp³-hybridized carbons (Fsp3) is 0.938. The van der Waals surface area contributed by atoms with Crippen molar-refractivity contribution in [2.45, 2.75) is 78.4 Å². The van der Waals surface area contributed by atoms with E-state index >= 15 is 0 Å². The van der Waals surface area contributed by atoms with Gasteiger partial charge in [-0.15, -0.1) is 0 Å². The lowest BCUT2D eigenvalue weighted by Gasteiger charge is -2.31. The molecule has 2 atom stereocenters. The number of hydrogen-bond donors (Lipinski definition) is 1. The van der Waals surface area contributed by atoms with Gasteiger partial charge in [0.25, 0.3) is 0 Å². The molecule has 0 rings (SSSR count). The van der Waals surface area contributed by atoms with Gasteiger partial charge in [-0.2, -0.15) is 0 Å². The molecule has 4 nitrogen and oxygen atoms in total. The standard InChI is InChI=1S/C16H33NO3/c1-6-9-10-12-20-14(4)13-16(5,17-11-7-2)15(18)19-8-3/h14,17H,6-13H2,1-5H3. The molecule has 0 aliphatic rings. The van der Waals surface area contributed by atoms with Crippen molar-refractivity contribution in [1.82, 2.24) is 5.32 Å². The van der Waals surface area contributed by atoms with E-state index in [9.17, 15) is 4.79 Å². The van der Waals surface area contributed by atoms with E-state index in [1.807, 2.05) is 20.8 Å². The Labute approximate surface area is 124 Å². The largest absolute Gasteiger partial charge is 0.465 e. The molecule has 0 saturated carbocycles. The zero-order valence-corrected chi connectivity index (χ0v) is 14.0. The second-order valence-corrected chi connectivity index (χ2v) is 5.57. The summed E-state index contributed by atoms with van der Waals surface area (Å²) in [4.78, 5) is 12.1. The van der Waals surface area contributed by atoms with Crippen LogP contribution in [0.5, 0.6) is 0 Å². The van der Waals surface area contributed by atoms with Gasteiger partial charge in [0.1, 0.15) is 5.54 Å². The van der Waals surface area contributed by atoms with Gasteiger partial charge in [-0.1, -0.05) is 26.7 Å². The minimum atomic E-state index is -0.657. The molecule has 2 unspecified atom stereocenters. The summed E-state index contributed by atoms with van der Waals surface area (Å²) in [5.41, 5.74) is -0.657. The maximum Gasteiger partial charge on any atom is 0.326 e. The van der Waals surface area contributed by atoms with Crippen molar-refractivity contribution in [3.8, 4) is 0 Å². The van der Waals surface area contributed by atoms with Crippen LogP contribution in [0.15, 0.2) is 0 Å². The average Bonchev–Trinajstić information content (AvgIpc) is 2.41. The number of esters is 1. The predicted octanol–water partition coefficient (Wildman–Crippen LogP) is 3.29. The Morgan fingerprint density at radius 1 is 1.20 bits per heavy atom. The van der Waals surface area contributed by atoms with Crippen LogP contribution in [0.3, 0.4) is 0 Å². The van der Waals surface area contributed by atoms with E-state index in [4.69, 9.17) is 9.47 Å². The van der Waals surface area contributed by atoms with Gasteiger partial charge in [0, 0.05) is 13.0 Å². The molecule has 0 spiro atoms. The third-order valence-electron chi connectivity index (χ3n) is 3.34. The molecule has 1 N–H and O–H groups in total. The van der Waals surface area contributed by atoms with E-state index in [1.165, 1.54) is 12.8 Å². The van der Waals surface area contributed by atoms with E-state index in [1.54, 1.807) is 0 Å². The van der Waals surface area contributed by atoms with Crippen LogP contribution in [0.2, 0.25) is 0 Å². The molecular formula is C16H33NO3. The van der Waals surface area contributed by atoms with Gasteiger partial charge in [0.15, 0.2) is 0 Å². The van der Waals surface area contributed by atoms with Gasteiger partial charge in [-0.05, 0) is 40.2 Å². The van der Waals surface area contributed by atoms with Gasteiger partial charge < -0.3 is 14.8 Å². The summed E-state index contributed by atoms with van der Waals surface area (Å²) in [6.07, 6.45) is 5.13. The highest BCUT2D eigenvalue weighted by atomic mass is 16.5. The van der Waals surface area contributed by atoms with Gasteiger partial charge in [-0.3, -0.25) is 4.79 Å². The number of unbranched alkanes of at least 4 members (excludes halogenated alkanes) is 2. The van der Waals surface area contributed by atoms with Gasteiger partial charge in [-0.25, -0.2) is 0 Å². The highest BCUT2D eigenvalue weighted by Gasteiger charge is 2.35. The molecule has 0 fully saturated rings. The predicted molar refractivity (Wildman–Crippen MR) is 82.9 cm³/mol. The molecule has 0 aromatic rings. The van der Waals surface area contributed by atoms with Crippen molar-refractivity contribution in [2.24, 2.45) is 0 Å². The lowest BCUT2D eigenvalue weighted by Crippen LogP contribution is -2.52. The van der Waals surface area contributed by atoms with Crippen LogP contribution < -0.4 is 5.32 Å². The van der Waals surface area contributed by atoms with Crippen molar-refractivity contribution in [2.75, 3.05) is 19.8 Å². The second kappa shape index (κ2) is 11.1. The zero-order chi connectivity index (χ0) is 15.4. The summed E-state index contributed by atoms with van der Waals surface area (Å²) in [6, 6.07) is 0. The van der Waals surface area contributed by atoms with Crippen LogP contribution in [0.4, 0.5) is 0 Å². The molecule has 4 heteroatoms. The summed E-state index contributed by atoms with van der Waals surface area (Å²) in [5.74, 6) is -0.183. The fourth-order valence-corrected chi connectivity index (χ4v) is 2.19. The number of rotatable bonds is 12. The molecule has 0 aromatic carbocycles. The molecule has 0 aliphatic heterocycles. The van der Waals surface area contributed by atoms with Crippen LogP contribution in [0.1, 0.15) is 66.7 Å². The molecule has 0 radical (unpaired) electrons. The Hall–Kier alpha value is -0.610. The Morgan fingerprint density at radius 2 is 1.90 bits per heavy atom. The Bertz CT molecular complexity index is 258. The third kappa shape index (κ3) is 7.85. The molecule has 120 valence electrons. The van der Waals surface area contributed by atoms with Gasteiger partial charge in [0.05, 0.1) is 12.7 Å². The first-order valence-electron chi connectivity index (χ1n) is 8.04. The van der Waals surface area contributed by atoms with Crippen molar-refractivity contribution >= 4 is 5.97 Å². The van der Waals surface area contributed by atoms with Crippen LogP contribution >= 0.6 is 0 Å². The van der Waals surface area contributed by atoms with E-state index < -0.39 is 5.54 Å². The fourth-order valence-electron chi connectivity index (χ4n) is 2.19. The maximum absolute atomic E-state index is 12.1. The number of carbonyl (C=O) groups excluding carboxylic acids is 1. The van der Waals surface area contributed by atoms with Crippen molar-refractivity contribution in [3.63, 3.8) is 0 Å². The average molecular weight is 287 g/mol. The van der Waals surface area contributed by atoms with Crippen LogP contribution in [0, 0.1) is 0 Å². The first-order valence-corrected chi connectivity index (χ1v) is 8.04. The first-order chi connectivity index (χ1) is 9.50. The molecule has 0 aliphatic carbocycles. The van der Waals surface area contributed by atoms with Crippen molar-refractivity contribution in [3.05, 3.63) is 0 Å². The molecule has 0 bridgehead atoms. The highest BCUT2D eigenvalue weighted by Crippen LogP contribution is 2.17. The Balaban J connectivity index is 4.35. The summed E-state index contributed by atoms with van der Waals surface area (Å²) in [7, 11) is 0. The second-order valence-electron chi connectivity index (χ2n) is 5.57. The summed E-state index contributed by atoms with van der Waals surface area (Å²) < 4.78 is 11.0. The minimum absolute atomic E-state index is 0.0469. The van der Waals surface area contributed by atoms with E-state index in [-0.39, 0.29) is 12.1 Å². The molecule has 0 heterocycles. The van der Waals surface area contributed by atoms with Crippen molar-refractivity contribution < 1.29 is 14.3 Å². The molecule has 0 saturated heterocycles. The van der Waals surface area contributed by atoms with Gasteiger partial charge in [0.2, 0.25) is 0 Å². The highest BCUT2D eigenvalue weighted by molar-refractivity contribution is 5.80. The Morgan fingerprint density at radius 3 is 2.45 bits per heavy atom. The molecule has 0 aromatic heterocycles. The molecule has 20 heavy (non-hydrogen) atoms. The lowest BCUT2D eigenvalue weighted by atomic mass is 9.94. The zero-order valence-electron chi connectivity index (χ0n) is 14.0. The third-order valence-corrected chi connectivity index (χ3v) is 3.34. The topological polar surface area (TPSA) is 47.6 Å². The van der Waals surface area contributed by atoms with Crippen LogP contribution in [0.25, 0.3) is 0 Å². The number of ether oxygens (including phenoxy) is 2. The van der Waals surface area contributed by atoms with E-state index in [2.05, 4.69) is 19.2 Å². The SMILES string of the molecule is CCCCCOC(C)CC(C)(NCCC)C(=O)OCC. The minimum Gasteiger partial charge on any atom is -0.465 e. The summed E-state index contributed by atoms with van der Waals surface area (Å²) in [5, 5.41) is 3.31. The number of hydrogen-bond acceptors (Lipinski definition) is 4. The number of carbonyl (C=O) groups is 1. The smallest absolute Gasteiger partial charge is 0.326 e. The lowest BCUT2D eigenvalue weighted by molar-refractivity contribution is -0.152. The normalized spacial score (nSPS) is 15.7. The van der Waals surface area contributed by atoms with Gasteiger partial charge >= 0.3 is 5.97 Å². The quantitative estimate of drug-likeness (QED) is 0.442. The van der Waals surface area contributed by atoms with Crippen molar-refractivity contribution in [1.29, 1.82) is 0 Å². The van der Waals surface area contributed by atoms with Crippen LogP contribution in [-0.2, 0) is 14.3 Å².